The molecule has 4 heterocycles. The van der Waals surface area contributed by atoms with Crippen LogP contribution in [0.1, 0.15) is 85.2 Å². The third-order valence-corrected chi connectivity index (χ3v) is 8.17. The molecule has 3 aromatic rings. The number of aryl methyl sites for hydroxylation is 1. The number of aromatic carboxylic acids is 1. The van der Waals surface area contributed by atoms with Crippen molar-refractivity contribution >= 4 is 28.4 Å². The molecule has 3 aliphatic rings. The molecule has 1 aliphatic heterocycles. The smallest absolute Gasteiger partial charge is 0.354 e. The molecular weight excluding hydrogens is 440 g/mol. The van der Waals surface area contributed by atoms with Crippen molar-refractivity contribution in [1.29, 1.82) is 0 Å². The van der Waals surface area contributed by atoms with E-state index in [1.165, 1.54) is 31.4 Å². The molecule has 8 heteroatoms. The number of anilines is 2. The van der Waals surface area contributed by atoms with Crippen molar-refractivity contribution in [2.75, 3.05) is 36.0 Å². The van der Waals surface area contributed by atoms with Gasteiger partial charge in [0, 0.05) is 49.7 Å². The number of hydrogen-bond acceptors (Lipinski definition) is 6. The standard InChI is InChI=1S/C27H34N6O2/c1-18-16-21(10-11-28-18)31-12-14-32(15-13-31)23-17-22(27(34)35)29-26-24(23)25(19-6-5-7-19)30-33(26)20-8-3-2-4-9-20/h10-11,16-17,19-20H,2-9,12-15H2,1H3,(H,34,35). The average Bonchev–Trinajstić information content (AvgIpc) is 3.22. The predicted octanol–water partition coefficient (Wildman–Crippen LogP) is 4.93. The molecule has 3 aromatic heterocycles. The number of rotatable bonds is 5. The van der Waals surface area contributed by atoms with Gasteiger partial charge >= 0.3 is 5.97 Å². The first-order valence-corrected chi connectivity index (χ1v) is 13.2. The Morgan fingerprint density at radius 3 is 2.37 bits per heavy atom. The number of piperazine rings is 1. The Bertz CT molecular complexity index is 1240. The summed E-state index contributed by atoms with van der Waals surface area (Å²) in [7, 11) is 0. The Kier molecular flexibility index (Phi) is 5.82. The number of carboxylic acid groups (broad SMARTS) is 1. The van der Waals surface area contributed by atoms with E-state index in [2.05, 4.69) is 31.6 Å². The molecule has 1 N–H and O–H groups in total. The minimum absolute atomic E-state index is 0.122. The zero-order chi connectivity index (χ0) is 23.9. The lowest BCUT2D eigenvalue weighted by atomic mass is 9.82. The lowest BCUT2D eigenvalue weighted by Gasteiger charge is -2.38. The Hall–Kier alpha value is -3.16. The number of nitrogens with zero attached hydrogens (tertiary/aromatic N) is 6. The van der Waals surface area contributed by atoms with Gasteiger partial charge in [-0.15, -0.1) is 0 Å². The van der Waals surface area contributed by atoms with Gasteiger partial charge in [0.15, 0.2) is 11.3 Å². The molecule has 6 rings (SSSR count). The number of pyridine rings is 2. The van der Waals surface area contributed by atoms with Crippen molar-refractivity contribution in [3.05, 3.63) is 41.5 Å². The van der Waals surface area contributed by atoms with E-state index in [1.807, 2.05) is 13.1 Å². The van der Waals surface area contributed by atoms with Crippen LogP contribution in [0.25, 0.3) is 11.0 Å². The van der Waals surface area contributed by atoms with Gasteiger partial charge in [0.25, 0.3) is 0 Å². The van der Waals surface area contributed by atoms with Crippen LogP contribution in [-0.4, -0.2) is 57.0 Å². The summed E-state index contributed by atoms with van der Waals surface area (Å²) < 4.78 is 2.11. The van der Waals surface area contributed by atoms with E-state index in [0.717, 1.165) is 80.0 Å². The normalized spacial score (nSPS) is 19.8. The van der Waals surface area contributed by atoms with Crippen LogP contribution in [0, 0.1) is 6.92 Å². The fourth-order valence-corrected chi connectivity index (χ4v) is 5.98. The van der Waals surface area contributed by atoms with Crippen LogP contribution < -0.4 is 9.80 Å². The summed E-state index contributed by atoms with van der Waals surface area (Å²) in [6.45, 7) is 5.44. The summed E-state index contributed by atoms with van der Waals surface area (Å²) in [6.07, 6.45) is 11.3. The molecular formula is C27H34N6O2. The summed E-state index contributed by atoms with van der Waals surface area (Å²) in [5, 5.41) is 16.2. The van der Waals surface area contributed by atoms with E-state index in [0.29, 0.717) is 12.0 Å². The van der Waals surface area contributed by atoms with Crippen LogP contribution in [-0.2, 0) is 0 Å². The van der Waals surface area contributed by atoms with Crippen LogP contribution in [0.3, 0.4) is 0 Å². The van der Waals surface area contributed by atoms with E-state index in [-0.39, 0.29) is 5.69 Å². The van der Waals surface area contributed by atoms with Crippen molar-refractivity contribution in [3.63, 3.8) is 0 Å². The molecule has 3 fully saturated rings. The first-order valence-electron chi connectivity index (χ1n) is 13.2. The Labute approximate surface area is 206 Å². The highest BCUT2D eigenvalue weighted by Gasteiger charge is 2.32. The Balaban J connectivity index is 1.40. The lowest BCUT2D eigenvalue weighted by molar-refractivity contribution is 0.0691. The highest BCUT2D eigenvalue weighted by atomic mass is 16.4. The second kappa shape index (κ2) is 9.13. The summed E-state index contributed by atoms with van der Waals surface area (Å²) in [5.74, 6) is -0.514. The zero-order valence-corrected chi connectivity index (χ0v) is 20.5. The van der Waals surface area contributed by atoms with Crippen LogP contribution in [0.2, 0.25) is 0 Å². The van der Waals surface area contributed by atoms with Gasteiger partial charge < -0.3 is 14.9 Å². The van der Waals surface area contributed by atoms with Crippen molar-refractivity contribution in [2.45, 2.75) is 70.3 Å². The summed E-state index contributed by atoms with van der Waals surface area (Å²) >= 11 is 0. The Morgan fingerprint density at radius 2 is 1.71 bits per heavy atom. The molecule has 0 atom stereocenters. The van der Waals surface area contributed by atoms with Gasteiger partial charge in [0.2, 0.25) is 0 Å². The molecule has 1 saturated heterocycles. The quantitative estimate of drug-likeness (QED) is 0.561. The fourth-order valence-electron chi connectivity index (χ4n) is 5.98. The third-order valence-electron chi connectivity index (χ3n) is 8.17. The minimum Gasteiger partial charge on any atom is -0.477 e. The third kappa shape index (κ3) is 4.13. The zero-order valence-electron chi connectivity index (χ0n) is 20.5. The van der Waals surface area contributed by atoms with Gasteiger partial charge in [-0.2, -0.15) is 5.10 Å². The monoisotopic (exact) mass is 474 g/mol. The number of fused-ring (bicyclic) bond motifs is 1. The van der Waals surface area contributed by atoms with Gasteiger partial charge in [0.1, 0.15) is 0 Å². The van der Waals surface area contributed by atoms with Crippen LogP contribution in [0.15, 0.2) is 24.4 Å². The second-order valence-electron chi connectivity index (χ2n) is 10.4. The molecule has 0 unspecified atom stereocenters. The lowest BCUT2D eigenvalue weighted by Crippen LogP contribution is -2.46. The van der Waals surface area contributed by atoms with E-state index in [1.54, 1.807) is 6.07 Å². The SMILES string of the molecule is Cc1cc(N2CCN(c3cc(C(=O)O)nc4c3c(C3CCC3)nn4C3CCCCC3)CC2)ccn1. The Morgan fingerprint density at radius 1 is 0.971 bits per heavy atom. The van der Waals surface area contributed by atoms with Crippen LogP contribution in [0.4, 0.5) is 11.4 Å². The maximum absolute atomic E-state index is 12.1. The molecule has 0 spiro atoms. The predicted molar refractivity (Wildman–Crippen MR) is 137 cm³/mol. The number of carboxylic acids is 1. The highest BCUT2D eigenvalue weighted by Crippen LogP contribution is 2.44. The van der Waals surface area contributed by atoms with E-state index in [9.17, 15) is 9.90 Å². The molecule has 2 saturated carbocycles. The molecule has 2 aliphatic carbocycles. The summed E-state index contributed by atoms with van der Waals surface area (Å²) in [4.78, 5) is 25.9. The first kappa shape index (κ1) is 22.3. The summed E-state index contributed by atoms with van der Waals surface area (Å²) in [6, 6.07) is 6.31. The van der Waals surface area contributed by atoms with Crippen molar-refractivity contribution in [1.82, 2.24) is 19.7 Å². The van der Waals surface area contributed by atoms with E-state index >= 15 is 0 Å². The van der Waals surface area contributed by atoms with Gasteiger partial charge in [-0.25, -0.2) is 14.5 Å². The van der Waals surface area contributed by atoms with Gasteiger partial charge in [-0.05, 0) is 50.8 Å². The molecule has 184 valence electrons. The molecule has 35 heavy (non-hydrogen) atoms. The van der Waals surface area contributed by atoms with Crippen LogP contribution in [0.5, 0.6) is 0 Å². The molecule has 0 radical (unpaired) electrons. The topological polar surface area (TPSA) is 87.4 Å². The number of carbonyl (C=O) groups is 1. The van der Waals surface area contributed by atoms with Crippen molar-refractivity contribution in [3.8, 4) is 0 Å². The maximum Gasteiger partial charge on any atom is 0.354 e. The van der Waals surface area contributed by atoms with Crippen molar-refractivity contribution in [2.24, 2.45) is 0 Å². The molecule has 0 amide bonds. The molecule has 0 aromatic carbocycles. The van der Waals surface area contributed by atoms with Crippen molar-refractivity contribution < 1.29 is 9.90 Å². The van der Waals surface area contributed by atoms with E-state index in [4.69, 9.17) is 10.1 Å². The second-order valence-corrected chi connectivity index (χ2v) is 10.4. The van der Waals surface area contributed by atoms with Gasteiger partial charge in [-0.1, -0.05) is 25.7 Å². The number of aromatic nitrogens is 4. The van der Waals surface area contributed by atoms with Crippen LogP contribution >= 0.6 is 0 Å². The average molecular weight is 475 g/mol. The molecule has 8 nitrogen and oxygen atoms in total. The summed E-state index contributed by atoms with van der Waals surface area (Å²) in [5.41, 5.74) is 5.26. The minimum atomic E-state index is -0.972. The first-order chi connectivity index (χ1) is 17.1. The fraction of sp³-hybridized carbons (Fsp3) is 0.556. The highest BCUT2D eigenvalue weighted by molar-refractivity contribution is 5.98. The molecule has 0 bridgehead atoms. The van der Waals surface area contributed by atoms with Gasteiger partial charge in [-0.3, -0.25) is 4.98 Å². The van der Waals surface area contributed by atoms with E-state index < -0.39 is 5.97 Å². The largest absolute Gasteiger partial charge is 0.477 e. The maximum atomic E-state index is 12.1. The van der Waals surface area contributed by atoms with Gasteiger partial charge in [0.05, 0.1) is 22.8 Å². The number of hydrogen-bond donors (Lipinski definition) is 1.